The molecule has 0 amide bonds. The maximum atomic E-state index is 11.9. The van der Waals surface area contributed by atoms with Crippen LogP contribution in [0.25, 0.3) is 11.0 Å². The standard InChI is InChI=1S/C15H9N3O5/c19-14-9-5-1-4-8-12(9)23-15(20)13(14)17-16-10-6-2-3-7-11(10)18(21)22/h1-8,19H. The fraction of sp³-hybridized carbons (Fsp3) is 0. The number of azo groups is 1. The molecule has 0 saturated carbocycles. The summed E-state index contributed by atoms with van der Waals surface area (Å²) < 4.78 is 5.04. The van der Waals surface area contributed by atoms with Gasteiger partial charge in [-0.05, 0) is 18.2 Å². The first kappa shape index (κ1) is 14.4. The average Bonchev–Trinajstić information content (AvgIpc) is 2.55. The summed E-state index contributed by atoms with van der Waals surface area (Å²) in [4.78, 5) is 22.2. The Morgan fingerprint density at radius 3 is 2.52 bits per heavy atom. The summed E-state index contributed by atoms with van der Waals surface area (Å²) in [5.74, 6) is -0.390. The number of nitro benzene ring substituents is 1. The van der Waals surface area contributed by atoms with E-state index in [-0.39, 0.29) is 22.7 Å². The lowest BCUT2D eigenvalue weighted by Crippen LogP contribution is -1.98. The molecule has 0 aliphatic carbocycles. The largest absolute Gasteiger partial charge is 0.505 e. The van der Waals surface area contributed by atoms with Crippen LogP contribution in [0.5, 0.6) is 5.75 Å². The van der Waals surface area contributed by atoms with Crippen LogP contribution < -0.4 is 5.63 Å². The zero-order valence-electron chi connectivity index (χ0n) is 11.5. The number of hydrogen-bond donors (Lipinski definition) is 1. The van der Waals surface area contributed by atoms with Crippen molar-refractivity contribution in [2.75, 3.05) is 0 Å². The molecule has 0 saturated heterocycles. The van der Waals surface area contributed by atoms with Gasteiger partial charge in [0.2, 0.25) is 5.69 Å². The second-order valence-corrected chi connectivity index (χ2v) is 4.53. The fourth-order valence-electron chi connectivity index (χ4n) is 2.02. The van der Waals surface area contributed by atoms with E-state index in [2.05, 4.69) is 10.2 Å². The third-order valence-electron chi connectivity index (χ3n) is 3.10. The third kappa shape index (κ3) is 2.64. The van der Waals surface area contributed by atoms with Crippen LogP contribution >= 0.6 is 0 Å². The molecule has 2 aromatic carbocycles. The molecular formula is C15H9N3O5. The highest BCUT2D eigenvalue weighted by Gasteiger charge is 2.15. The number of hydrogen-bond acceptors (Lipinski definition) is 7. The molecule has 1 aromatic heterocycles. The van der Waals surface area contributed by atoms with E-state index >= 15 is 0 Å². The lowest BCUT2D eigenvalue weighted by atomic mass is 10.2. The first-order chi connectivity index (χ1) is 11.1. The molecule has 114 valence electrons. The van der Waals surface area contributed by atoms with E-state index in [1.807, 2.05) is 0 Å². The highest BCUT2D eigenvalue weighted by atomic mass is 16.6. The Morgan fingerprint density at radius 1 is 1.04 bits per heavy atom. The second-order valence-electron chi connectivity index (χ2n) is 4.53. The van der Waals surface area contributed by atoms with Crippen LogP contribution in [0.1, 0.15) is 0 Å². The molecule has 23 heavy (non-hydrogen) atoms. The zero-order valence-corrected chi connectivity index (χ0v) is 11.5. The molecule has 3 aromatic rings. The number of nitro groups is 1. The molecule has 1 heterocycles. The van der Waals surface area contributed by atoms with Crippen molar-refractivity contribution in [1.82, 2.24) is 0 Å². The van der Waals surface area contributed by atoms with Crippen LogP contribution in [0.4, 0.5) is 17.1 Å². The predicted molar refractivity (Wildman–Crippen MR) is 81.4 cm³/mol. The molecule has 0 fully saturated rings. The van der Waals surface area contributed by atoms with Gasteiger partial charge in [0.15, 0.2) is 11.4 Å². The predicted octanol–water partition coefficient (Wildman–Crippen LogP) is 3.82. The highest BCUT2D eigenvalue weighted by molar-refractivity contribution is 5.87. The molecule has 8 heteroatoms. The van der Waals surface area contributed by atoms with Gasteiger partial charge < -0.3 is 9.52 Å². The maximum Gasteiger partial charge on any atom is 0.368 e. The van der Waals surface area contributed by atoms with E-state index in [9.17, 15) is 20.0 Å². The van der Waals surface area contributed by atoms with Gasteiger partial charge in [-0.1, -0.05) is 24.3 Å². The normalized spacial score (nSPS) is 11.1. The molecule has 1 N–H and O–H groups in total. The Bertz CT molecular complexity index is 994. The van der Waals surface area contributed by atoms with Crippen molar-refractivity contribution >= 4 is 28.0 Å². The van der Waals surface area contributed by atoms with Crippen molar-refractivity contribution in [3.63, 3.8) is 0 Å². The zero-order chi connectivity index (χ0) is 16.4. The minimum atomic E-state index is -0.886. The summed E-state index contributed by atoms with van der Waals surface area (Å²) >= 11 is 0. The maximum absolute atomic E-state index is 11.9. The molecule has 0 radical (unpaired) electrons. The average molecular weight is 311 g/mol. The van der Waals surface area contributed by atoms with E-state index in [1.54, 1.807) is 24.3 Å². The van der Waals surface area contributed by atoms with Gasteiger partial charge in [-0.2, -0.15) is 0 Å². The summed E-state index contributed by atoms with van der Waals surface area (Å²) in [6.45, 7) is 0. The minimum Gasteiger partial charge on any atom is -0.505 e. The Labute approximate surface area is 128 Å². The second kappa shape index (κ2) is 5.68. The summed E-state index contributed by atoms with van der Waals surface area (Å²) in [6.07, 6.45) is 0. The first-order valence-electron chi connectivity index (χ1n) is 6.48. The van der Waals surface area contributed by atoms with Gasteiger partial charge in [-0.15, -0.1) is 10.2 Å². The SMILES string of the molecule is O=c1oc2ccccc2c(O)c1N=Nc1ccccc1[N+](=O)[O-]. The Hall–Kier alpha value is -3.55. The summed E-state index contributed by atoms with van der Waals surface area (Å²) in [5, 5.41) is 28.7. The van der Waals surface area contributed by atoms with Crippen molar-refractivity contribution in [2.45, 2.75) is 0 Å². The topological polar surface area (TPSA) is 118 Å². The minimum absolute atomic E-state index is 0.0375. The first-order valence-corrected chi connectivity index (χ1v) is 6.48. The number of aromatic hydroxyl groups is 1. The van der Waals surface area contributed by atoms with Crippen molar-refractivity contribution in [3.05, 3.63) is 69.1 Å². The van der Waals surface area contributed by atoms with Crippen LogP contribution in [0, 0.1) is 10.1 Å². The quantitative estimate of drug-likeness (QED) is 0.341. The van der Waals surface area contributed by atoms with Crippen molar-refractivity contribution in [3.8, 4) is 5.75 Å². The van der Waals surface area contributed by atoms with E-state index < -0.39 is 16.2 Å². The van der Waals surface area contributed by atoms with E-state index in [0.29, 0.717) is 5.39 Å². The molecule has 0 unspecified atom stereocenters. The van der Waals surface area contributed by atoms with Gasteiger partial charge in [0.25, 0.3) is 5.69 Å². The lowest BCUT2D eigenvalue weighted by Gasteiger charge is -2.01. The molecule has 0 aliphatic heterocycles. The van der Waals surface area contributed by atoms with Gasteiger partial charge in [0, 0.05) is 6.07 Å². The number of fused-ring (bicyclic) bond motifs is 1. The molecule has 8 nitrogen and oxygen atoms in total. The fourth-order valence-corrected chi connectivity index (χ4v) is 2.02. The summed E-state index contributed by atoms with van der Waals surface area (Å²) in [5.41, 5.74) is -1.39. The molecular weight excluding hydrogens is 302 g/mol. The van der Waals surface area contributed by atoms with Gasteiger partial charge >= 0.3 is 5.63 Å². The number of rotatable bonds is 3. The van der Waals surface area contributed by atoms with Gasteiger partial charge in [-0.3, -0.25) is 10.1 Å². The van der Waals surface area contributed by atoms with Crippen LogP contribution in [0.15, 0.2) is 68.0 Å². The van der Waals surface area contributed by atoms with Crippen LogP contribution in [-0.2, 0) is 0 Å². The Morgan fingerprint density at radius 2 is 1.74 bits per heavy atom. The Kier molecular flexibility index (Phi) is 3.55. The van der Waals surface area contributed by atoms with Crippen molar-refractivity contribution in [1.29, 1.82) is 0 Å². The number of para-hydroxylation sites is 2. The van der Waals surface area contributed by atoms with E-state index in [0.717, 1.165) is 0 Å². The summed E-state index contributed by atoms with van der Waals surface area (Å²) in [7, 11) is 0. The molecule has 0 aliphatic rings. The monoisotopic (exact) mass is 311 g/mol. The van der Waals surface area contributed by atoms with Crippen molar-refractivity contribution < 1.29 is 14.4 Å². The van der Waals surface area contributed by atoms with E-state index in [1.165, 1.54) is 24.3 Å². The highest BCUT2D eigenvalue weighted by Crippen LogP contribution is 2.33. The van der Waals surface area contributed by atoms with Crippen LogP contribution in [0.2, 0.25) is 0 Å². The number of benzene rings is 2. The number of nitrogens with zero attached hydrogens (tertiary/aromatic N) is 3. The molecule has 0 spiro atoms. The van der Waals surface area contributed by atoms with Crippen LogP contribution in [0.3, 0.4) is 0 Å². The Balaban J connectivity index is 2.12. The molecule has 0 atom stereocenters. The van der Waals surface area contributed by atoms with Gasteiger partial charge in [-0.25, -0.2) is 4.79 Å². The van der Waals surface area contributed by atoms with Gasteiger partial charge in [0.1, 0.15) is 5.58 Å². The molecule has 3 rings (SSSR count). The van der Waals surface area contributed by atoms with E-state index in [4.69, 9.17) is 4.42 Å². The van der Waals surface area contributed by atoms with Crippen molar-refractivity contribution in [2.24, 2.45) is 10.2 Å². The molecule has 0 bridgehead atoms. The summed E-state index contributed by atoms with van der Waals surface area (Å²) in [6, 6.07) is 12.1. The third-order valence-corrected chi connectivity index (χ3v) is 3.10. The lowest BCUT2D eigenvalue weighted by molar-refractivity contribution is -0.384. The smallest absolute Gasteiger partial charge is 0.368 e. The van der Waals surface area contributed by atoms with Crippen LogP contribution in [-0.4, -0.2) is 10.0 Å². The van der Waals surface area contributed by atoms with Gasteiger partial charge in [0.05, 0.1) is 10.3 Å².